The average molecular weight is 218 g/mol. The summed E-state index contributed by atoms with van der Waals surface area (Å²) in [4.78, 5) is 13.3. The summed E-state index contributed by atoms with van der Waals surface area (Å²) in [7, 11) is 0. The summed E-state index contributed by atoms with van der Waals surface area (Å²) in [6.07, 6.45) is 4.90. The van der Waals surface area contributed by atoms with Gasteiger partial charge in [-0.3, -0.25) is 0 Å². The van der Waals surface area contributed by atoms with E-state index < -0.39 is 0 Å². The van der Waals surface area contributed by atoms with Gasteiger partial charge in [0.05, 0.1) is 15.6 Å². The van der Waals surface area contributed by atoms with Gasteiger partial charge in [-0.25, -0.2) is 15.0 Å². The van der Waals surface area contributed by atoms with Crippen molar-refractivity contribution in [2.24, 2.45) is 0 Å². The first-order chi connectivity index (χ1) is 7.22. The highest BCUT2D eigenvalue weighted by atomic mass is 32.1. The van der Waals surface area contributed by atoms with Gasteiger partial charge in [0.25, 0.3) is 0 Å². The molecule has 0 atom stereocenters. The van der Waals surface area contributed by atoms with E-state index in [4.69, 9.17) is 5.73 Å². The van der Waals surface area contributed by atoms with Gasteiger partial charge < -0.3 is 5.73 Å². The highest BCUT2D eigenvalue weighted by molar-refractivity contribution is 7.15. The zero-order valence-electron chi connectivity index (χ0n) is 8.27. The molecule has 0 unspecified atom stereocenters. The van der Waals surface area contributed by atoms with E-state index in [0.29, 0.717) is 5.82 Å². The molecule has 0 fully saturated rings. The van der Waals surface area contributed by atoms with Crippen molar-refractivity contribution in [2.45, 2.75) is 6.92 Å². The molecular formula is C10H10N4S. The van der Waals surface area contributed by atoms with E-state index in [1.165, 1.54) is 6.33 Å². The van der Waals surface area contributed by atoms with E-state index in [2.05, 4.69) is 21.5 Å². The van der Waals surface area contributed by atoms with Crippen LogP contribution < -0.4 is 5.73 Å². The standard InChI is InChI=1S/C10H10N4S/c1-3-7-9(13-5-14-10(7)11)8-4-12-6(2)15-8/h3-5H,1H2,2H3,(H2,11,13,14). The van der Waals surface area contributed by atoms with Crippen LogP contribution in [0.4, 0.5) is 5.82 Å². The molecule has 0 amide bonds. The van der Waals surface area contributed by atoms with E-state index in [-0.39, 0.29) is 0 Å². The molecule has 2 N–H and O–H groups in total. The highest BCUT2D eigenvalue weighted by Gasteiger charge is 2.10. The van der Waals surface area contributed by atoms with E-state index in [0.717, 1.165) is 21.1 Å². The minimum Gasteiger partial charge on any atom is -0.383 e. The lowest BCUT2D eigenvalue weighted by molar-refractivity contribution is 1.17. The molecule has 0 bridgehead atoms. The molecule has 0 radical (unpaired) electrons. The van der Waals surface area contributed by atoms with Crippen LogP contribution in [0.3, 0.4) is 0 Å². The molecular weight excluding hydrogens is 208 g/mol. The van der Waals surface area contributed by atoms with Crippen LogP contribution in [0.15, 0.2) is 19.1 Å². The summed E-state index contributed by atoms with van der Waals surface area (Å²) >= 11 is 1.57. The molecule has 0 saturated heterocycles. The fourth-order valence-corrected chi connectivity index (χ4v) is 2.07. The second-order valence-corrected chi connectivity index (χ2v) is 4.20. The lowest BCUT2D eigenvalue weighted by Gasteiger charge is -2.03. The van der Waals surface area contributed by atoms with Gasteiger partial charge in [0.2, 0.25) is 0 Å². The number of aryl methyl sites for hydroxylation is 1. The number of hydrogen-bond donors (Lipinski definition) is 1. The first-order valence-electron chi connectivity index (χ1n) is 4.38. The predicted molar refractivity (Wildman–Crippen MR) is 62.4 cm³/mol. The number of nitrogens with zero attached hydrogens (tertiary/aromatic N) is 3. The van der Waals surface area contributed by atoms with Gasteiger partial charge in [-0.15, -0.1) is 11.3 Å². The number of aromatic nitrogens is 3. The zero-order valence-corrected chi connectivity index (χ0v) is 9.08. The lowest BCUT2D eigenvalue weighted by Crippen LogP contribution is -1.97. The van der Waals surface area contributed by atoms with E-state index in [1.807, 2.05) is 6.92 Å². The fourth-order valence-electron chi connectivity index (χ4n) is 1.28. The highest BCUT2D eigenvalue weighted by Crippen LogP contribution is 2.29. The van der Waals surface area contributed by atoms with Gasteiger partial charge in [0.15, 0.2) is 0 Å². The van der Waals surface area contributed by atoms with Crippen LogP contribution in [0.1, 0.15) is 10.6 Å². The second kappa shape index (κ2) is 3.78. The molecule has 2 heterocycles. The monoisotopic (exact) mass is 218 g/mol. The Morgan fingerprint density at radius 1 is 1.40 bits per heavy atom. The summed E-state index contributed by atoms with van der Waals surface area (Å²) in [6, 6.07) is 0. The summed E-state index contributed by atoms with van der Waals surface area (Å²) in [5.74, 6) is 0.445. The molecule has 4 nitrogen and oxygen atoms in total. The first-order valence-corrected chi connectivity index (χ1v) is 5.19. The number of rotatable bonds is 2. The van der Waals surface area contributed by atoms with Gasteiger partial charge in [-0.2, -0.15) is 0 Å². The van der Waals surface area contributed by atoms with Gasteiger partial charge in [-0.05, 0) is 6.92 Å². The van der Waals surface area contributed by atoms with Gasteiger partial charge >= 0.3 is 0 Å². The molecule has 76 valence electrons. The molecule has 0 spiro atoms. The number of anilines is 1. The maximum atomic E-state index is 5.74. The Morgan fingerprint density at radius 2 is 2.20 bits per heavy atom. The zero-order chi connectivity index (χ0) is 10.8. The predicted octanol–water partition coefficient (Wildman–Crippen LogP) is 2.13. The molecule has 2 aromatic rings. The third-order valence-electron chi connectivity index (χ3n) is 1.97. The summed E-state index contributed by atoms with van der Waals surface area (Å²) < 4.78 is 0. The molecule has 0 aliphatic heterocycles. The summed E-state index contributed by atoms with van der Waals surface area (Å²) in [5.41, 5.74) is 7.30. The normalized spacial score (nSPS) is 10.2. The maximum Gasteiger partial charge on any atom is 0.134 e. The summed E-state index contributed by atoms with van der Waals surface area (Å²) in [6.45, 7) is 5.66. The number of nitrogens with two attached hydrogens (primary N) is 1. The van der Waals surface area contributed by atoms with Gasteiger partial charge in [0.1, 0.15) is 12.1 Å². The Labute approximate surface area is 91.5 Å². The van der Waals surface area contributed by atoms with Crippen LogP contribution in [0.2, 0.25) is 0 Å². The van der Waals surface area contributed by atoms with Crippen molar-refractivity contribution < 1.29 is 0 Å². The Morgan fingerprint density at radius 3 is 2.80 bits per heavy atom. The Kier molecular flexibility index (Phi) is 2.47. The molecule has 0 aliphatic rings. The van der Waals surface area contributed by atoms with Crippen molar-refractivity contribution in [2.75, 3.05) is 5.73 Å². The topological polar surface area (TPSA) is 64.7 Å². The lowest BCUT2D eigenvalue weighted by atomic mass is 10.2. The average Bonchev–Trinajstić information content (AvgIpc) is 2.64. The fraction of sp³-hybridized carbons (Fsp3) is 0.100. The van der Waals surface area contributed by atoms with Crippen molar-refractivity contribution in [3.8, 4) is 10.6 Å². The number of nitrogen functional groups attached to an aromatic ring is 1. The van der Waals surface area contributed by atoms with Crippen molar-refractivity contribution in [1.82, 2.24) is 15.0 Å². The Bertz CT molecular complexity index is 504. The van der Waals surface area contributed by atoms with Crippen LogP contribution in [0.5, 0.6) is 0 Å². The van der Waals surface area contributed by atoms with Crippen molar-refractivity contribution in [3.05, 3.63) is 29.7 Å². The minimum absolute atomic E-state index is 0.445. The van der Waals surface area contributed by atoms with E-state index >= 15 is 0 Å². The smallest absolute Gasteiger partial charge is 0.134 e. The van der Waals surface area contributed by atoms with Crippen LogP contribution in [0.25, 0.3) is 16.6 Å². The van der Waals surface area contributed by atoms with Crippen molar-refractivity contribution in [1.29, 1.82) is 0 Å². The molecule has 15 heavy (non-hydrogen) atoms. The molecule has 5 heteroatoms. The Hall–Kier alpha value is -1.75. The van der Waals surface area contributed by atoms with Crippen LogP contribution >= 0.6 is 11.3 Å². The molecule has 0 aromatic carbocycles. The summed E-state index contributed by atoms with van der Waals surface area (Å²) in [5, 5.41) is 0.997. The van der Waals surface area contributed by atoms with E-state index in [1.54, 1.807) is 23.6 Å². The first kappa shape index (κ1) is 9.79. The molecule has 0 saturated carbocycles. The molecule has 2 aromatic heterocycles. The Balaban J connectivity index is 2.62. The SMILES string of the molecule is C=Cc1c(N)ncnc1-c1cnc(C)s1. The van der Waals surface area contributed by atoms with Crippen LogP contribution in [0, 0.1) is 6.92 Å². The maximum absolute atomic E-state index is 5.74. The van der Waals surface area contributed by atoms with E-state index in [9.17, 15) is 0 Å². The quantitative estimate of drug-likeness (QED) is 0.838. The van der Waals surface area contributed by atoms with Crippen LogP contribution in [-0.2, 0) is 0 Å². The number of hydrogen-bond acceptors (Lipinski definition) is 5. The molecule has 0 aliphatic carbocycles. The van der Waals surface area contributed by atoms with Crippen molar-refractivity contribution >= 4 is 23.2 Å². The van der Waals surface area contributed by atoms with Crippen molar-refractivity contribution in [3.63, 3.8) is 0 Å². The van der Waals surface area contributed by atoms with Gasteiger partial charge in [0, 0.05) is 11.8 Å². The van der Waals surface area contributed by atoms with Crippen LogP contribution in [-0.4, -0.2) is 15.0 Å². The van der Waals surface area contributed by atoms with Gasteiger partial charge in [-0.1, -0.05) is 12.7 Å². The third kappa shape index (κ3) is 1.73. The minimum atomic E-state index is 0.445. The third-order valence-corrected chi connectivity index (χ3v) is 2.89. The second-order valence-electron chi connectivity index (χ2n) is 2.97. The number of thiazole rings is 1. The largest absolute Gasteiger partial charge is 0.383 e. The molecule has 2 rings (SSSR count).